The lowest BCUT2D eigenvalue weighted by Crippen LogP contribution is -2.38. The van der Waals surface area contributed by atoms with Crippen molar-refractivity contribution >= 4 is 12.0 Å². The first-order chi connectivity index (χ1) is 17.2. The zero-order valence-electron chi connectivity index (χ0n) is 19.1. The zero-order chi connectivity index (χ0) is 24.2. The molecule has 0 fully saturated rings. The van der Waals surface area contributed by atoms with E-state index in [2.05, 4.69) is 21.7 Å². The van der Waals surface area contributed by atoms with Crippen molar-refractivity contribution in [2.24, 2.45) is 4.99 Å². The van der Waals surface area contributed by atoms with Crippen LogP contribution in [0.4, 0.5) is 10.2 Å². The fourth-order valence-corrected chi connectivity index (χ4v) is 4.05. The number of nitrogens with one attached hydrogen (secondary N) is 2. The highest BCUT2D eigenvalue weighted by Crippen LogP contribution is 2.32. The fraction of sp³-hybridized carbons (Fsp3) is 0.148. The Balaban J connectivity index is 1.47. The molecule has 8 heteroatoms. The summed E-state index contributed by atoms with van der Waals surface area (Å²) in [4.78, 5) is 9.37. The van der Waals surface area contributed by atoms with Crippen LogP contribution >= 0.6 is 0 Å². The minimum Gasteiger partial charge on any atom is -0.497 e. The molecule has 0 amide bonds. The van der Waals surface area contributed by atoms with Gasteiger partial charge in [0.1, 0.15) is 28.9 Å². The molecule has 4 aromatic rings. The number of anilines is 1. The molecular weight excluding hydrogens is 443 g/mol. The second kappa shape index (κ2) is 9.79. The molecule has 0 bridgehead atoms. The number of fused-ring (bicyclic) bond motifs is 1. The highest BCUT2D eigenvalue weighted by atomic mass is 19.1. The van der Waals surface area contributed by atoms with Crippen LogP contribution in [-0.4, -0.2) is 35.7 Å². The second-order valence-electron chi connectivity index (χ2n) is 8.02. The zero-order valence-corrected chi connectivity index (χ0v) is 19.1. The average Bonchev–Trinajstić information content (AvgIpc) is 3.29. The third-order valence-corrected chi connectivity index (χ3v) is 5.77. The molecule has 174 valence electrons. The van der Waals surface area contributed by atoms with Gasteiger partial charge in [-0.15, -0.1) is 0 Å². The summed E-state index contributed by atoms with van der Waals surface area (Å²) < 4.78 is 21.4. The van der Waals surface area contributed by atoms with E-state index in [1.54, 1.807) is 31.5 Å². The van der Waals surface area contributed by atoms with Crippen molar-refractivity contribution in [3.63, 3.8) is 0 Å². The molecule has 2 heterocycles. The average molecular weight is 467 g/mol. The van der Waals surface area contributed by atoms with E-state index in [-0.39, 0.29) is 5.82 Å². The maximum atomic E-state index is 14.0. The van der Waals surface area contributed by atoms with Crippen LogP contribution in [0, 0.1) is 17.1 Å². The third-order valence-electron chi connectivity index (χ3n) is 5.77. The summed E-state index contributed by atoms with van der Waals surface area (Å²) in [5, 5.41) is 16.1. The Hall–Kier alpha value is -4.48. The molecule has 0 radical (unpaired) electrons. The summed E-state index contributed by atoms with van der Waals surface area (Å²) in [6.45, 7) is 0.537. The smallest absolute Gasteiger partial charge is 0.174 e. The van der Waals surface area contributed by atoms with Crippen LogP contribution in [0.3, 0.4) is 0 Å². The number of aromatic nitrogens is 2. The Kier molecular flexibility index (Phi) is 6.24. The Labute approximate surface area is 202 Å². The molecule has 5 rings (SSSR count). The minimum absolute atomic E-state index is 0.211. The molecule has 0 saturated heterocycles. The monoisotopic (exact) mass is 466 g/mol. The number of nitriles is 1. The summed E-state index contributed by atoms with van der Waals surface area (Å²) in [6.07, 6.45) is 1.85. The number of benzene rings is 3. The number of imidazole rings is 1. The van der Waals surface area contributed by atoms with Gasteiger partial charge in [-0.05, 0) is 42.3 Å². The quantitative estimate of drug-likeness (QED) is 0.418. The largest absolute Gasteiger partial charge is 0.497 e. The van der Waals surface area contributed by atoms with E-state index in [0.29, 0.717) is 41.4 Å². The van der Waals surface area contributed by atoms with E-state index in [0.717, 1.165) is 17.1 Å². The third kappa shape index (κ3) is 4.63. The van der Waals surface area contributed by atoms with Crippen LogP contribution in [0.1, 0.15) is 16.8 Å². The summed E-state index contributed by atoms with van der Waals surface area (Å²) >= 11 is 0. The first-order valence-electron chi connectivity index (χ1n) is 11.2. The Bertz CT molecular complexity index is 1440. The molecule has 3 aromatic carbocycles. The van der Waals surface area contributed by atoms with Gasteiger partial charge in [-0.2, -0.15) is 5.26 Å². The van der Waals surface area contributed by atoms with Crippen LogP contribution in [0.5, 0.6) is 5.75 Å². The van der Waals surface area contributed by atoms with Gasteiger partial charge in [-0.25, -0.2) is 9.37 Å². The molecule has 0 aliphatic carbocycles. The lowest BCUT2D eigenvalue weighted by molar-refractivity contribution is 0.414. The molecule has 1 atom stereocenters. The van der Waals surface area contributed by atoms with Gasteiger partial charge in [0, 0.05) is 18.2 Å². The number of aliphatic imine (C=N–C) groups is 1. The van der Waals surface area contributed by atoms with E-state index >= 15 is 0 Å². The van der Waals surface area contributed by atoms with Gasteiger partial charge in [0.15, 0.2) is 6.29 Å². The lowest BCUT2D eigenvalue weighted by Gasteiger charge is -2.22. The normalized spacial score (nSPS) is 14.1. The maximum Gasteiger partial charge on any atom is 0.174 e. The van der Waals surface area contributed by atoms with Gasteiger partial charge < -0.3 is 10.1 Å². The Morgan fingerprint density at radius 2 is 1.97 bits per heavy atom. The molecule has 1 aromatic heterocycles. The first-order valence-corrected chi connectivity index (χ1v) is 11.2. The van der Waals surface area contributed by atoms with Crippen LogP contribution in [0.15, 0.2) is 77.8 Å². The van der Waals surface area contributed by atoms with Crippen LogP contribution in [0.2, 0.25) is 0 Å². The van der Waals surface area contributed by atoms with Gasteiger partial charge >= 0.3 is 0 Å². The van der Waals surface area contributed by atoms with Crippen LogP contribution in [0.25, 0.3) is 17.1 Å². The highest BCUT2D eigenvalue weighted by molar-refractivity contribution is 5.89. The topological polar surface area (TPSA) is 87.3 Å². The summed E-state index contributed by atoms with van der Waals surface area (Å²) in [5.41, 5.74) is 3.54. The number of ether oxygens (including phenoxy) is 1. The van der Waals surface area contributed by atoms with E-state index in [1.165, 1.54) is 6.07 Å². The van der Waals surface area contributed by atoms with Crippen molar-refractivity contribution in [2.75, 3.05) is 19.0 Å². The molecular formula is C27H23FN6O. The molecule has 2 N–H and O–H groups in total. The highest BCUT2D eigenvalue weighted by Gasteiger charge is 2.24. The standard InChI is InChI=1S/C27H23FN6O/c1-35-22-10-5-9-21(15-22)34-25(20-8-4-6-18(14-20)16-29)32-24-17-31-27(33-26(24)34)30-13-12-19-7-2-3-11-23(19)28/h2-11,14-15,17,27,30,33H,12-13H2,1H3. The van der Waals surface area contributed by atoms with Crippen molar-refractivity contribution in [1.82, 2.24) is 14.9 Å². The van der Waals surface area contributed by atoms with E-state index < -0.39 is 6.29 Å². The van der Waals surface area contributed by atoms with Crippen molar-refractivity contribution in [3.8, 4) is 28.9 Å². The molecule has 7 nitrogen and oxygen atoms in total. The van der Waals surface area contributed by atoms with Gasteiger partial charge in [0.05, 0.1) is 30.6 Å². The van der Waals surface area contributed by atoms with Crippen LogP contribution in [-0.2, 0) is 6.42 Å². The molecule has 35 heavy (non-hydrogen) atoms. The summed E-state index contributed by atoms with van der Waals surface area (Å²) in [5.74, 6) is 1.93. The second-order valence-corrected chi connectivity index (χ2v) is 8.02. The minimum atomic E-state index is -0.409. The predicted molar refractivity (Wildman–Crippen MR) is 133 cm³/mol. The summed E-state index contributed by atoms with van der Waals surface area (Å²) in [6, 6.07) is 24.0. The molecule has 0 spiro atoms. The van der Waals surface area contributed by atoms with Gasteiger partial charge in [-0.1, -0.05) is 36.4 Å². The molecule has 1 aliphatic rings. The van der Waals surface area contributed by atoms with Gasteiger partial charge in [-0.3, -0.25) is 14.9 Å². The van der Waals surface area contributed by atoms with Crippen molar-refractivity contribution < 1.29 is 9.13 Å². The van der Waals surface area contributed by atoms with Gasteiger partial charge in [0.25, 0.3) is 0 Å². The predicted octanol–water partition coefficient (Wildman–Crippen LogP) is 4.52. The van der Waals surface area contributed by atoms with Crippen molar-refractivity contribution in [3.05, 3.63) is 95.4 Å². The fourth-order valence-electron chi connectivity index (χ4n) is 4.05. The molecule has 0 saturated carbocycles. The van der Waals surface area contributed by atoms with Gasteiger partial charge in [0.2, 0.25) is 0 Å². The van der Waals surface area contributed by atoms with E-state index in [1.807, 2.05) is 53.1 Å². The van der Waals surface area contributed by atoms with Crippen LogP contribution < -0.4 is 15.4 Å². The number of hydrogen-bond acceptors (Lipinski definition) is 6. The number of rotatable bonds is 7. The SMILES string of the molecule is COc1cccc(-n2c(-c3cccc(C#N)c3)nc3c2NC(NCCc2ccccc2F)N=C3)c1. The number of hydrogen-bond donors (Lipinski definition) is 2. The maximum absolute atomic E-state index is 14.0. The van der Waals surface area contributed by atoms with E-state index in [4.69, 9.17) is 9.72 Å². The Morgan fingerprint density at radius 3 is 2.80 bits per heavy atom. The Morgan fingerprint density at radius 1 is 1.11 bits per heavy atom. The summed E-state index contributed by atoms with van der Waals surface area (Å²) in [7, 11) is 1.63. The molecule has 1 unspecified atom stereocenters. The van der Waals surface area contributed by atoms with Crippen molar-refractivity contribution in [2.45, 2.75) is 12.7 Å². The van der Waals surface area contributed by atoms with Crippen molar-refractivity contribution in [1.29, 1.82) is 5.26 Å². The number of halogens is 1. The molecule has 1 aliphatic heterocycles. The lowest BCUT2D eigenvalue weighted by atomic mass is 10.1. The van der Waals surface area contributed by atoms with E-state index in [9.17, 15) is 9.65 Å². The number of methoxy groups -OCH3 is 1. The first kappa shape index (κ1) is 22.3. The number of nitrogens with zero attached hydrogens (tertiary/aromatic N) is 4.